The molecule has 0 bridgehead atoms. The molecule has 0 spiro atoms. The van der Waals surface area contributed by atoms with Gasteiger partial charge in [-0.25, -0.2) is 4.98 Å². The zero-order chi connectivity index (χ0) is 13.4. The Bertz CT molecular complexity index is 590. The summed E-state index contributed by atoms with van der Waals surface area (Å²) in [4.78, 5) is 12.9. The Balaban J connectivity index is 2.09. The Labute approximate surface area is 112 Å². The molecule has 0 atom stereocenters. The van der Waals surface area contributed by atoms with Gasteiger partial charge in [-0.1, -0.05) is 12.1 Å². The van der Waals surface area contributed by atoms with Crippen LogP contribution in [0.2, 0.25) is 0 Å². The van der Waals surface area contributed by atoms with Gasteiger partial charge < -0.3 is 15.5 Å². The van der Waals surface area contributed by atoms with Gasteiger partial charge in [-0.15, -0.1) is 0 Å². The van der Waals surface area contributed by atoms with E-state index in [-0.39, 0.29) is 0 Å². The van der Waals surface area contributed by atoms with Crippen LogP contribution in [0.1, 0.15) is 5.69 Å². The molecule has 2 aromatic rings. The molecule has 1 aliphatic heterocycles. The summed E-state index contributed by atoms with van der Waals surface area (Å²) in [6, 6.07) is 10.3. The summed E-state index contributed by atoms with van der Waals surface area (Å²) < 4.78 is 0. The molecule has 0 fully saturated rings. The fourth-order valence-electron chi connectivity index (χ4n) is 2.46. The van der Waals surface area contributed by atoms with E-state index in [0.717, 1.165) is 30.3 Å². The average molecular weight is 255 g/mol. The molecule has 2 N–H and O–H groups in total. The number of hydrogen-bond donors (Lipinski definition) is 1. The van der Waals surface area contributed by atoms with Gasteiger partial charge in [-0.3, -0.25) is 0 Å². The van der Waals surface area contributed by atoms with Crippen molar-refractivity contribution in [3.8, 4) is 0 Å². The highest BCUT2D eigenvalue weighted by atomic mass is 15.3. The number of fused-ring (bicyclic) bond motifs is 1. The molecule has 0 saturated carbocycles. The van der Waals surface area contributed by atoms with Crippen LogP contribution in [0.25, 0.3) is 0 Å². The molecule has 1 aromatic carbocycles. The van der Waals surface area contributed by atoms with Crippen LogP contribution < -0.4 is 15.5 Å². The molecule has 5 heteroatoms. The maximum Gasteiger partial charge on any atom is 0.222 e. The fourth-order valence-corrected chi connectivity index (χ4v) is 2.46. The Morgan fingerprint density at radius 1 is 1.11 bits per heavy atom. The zero-order valence-electron chi connectivity index (χ0n) is 11.2. The van der Waals surface area contributed by atoms with Crippen molar-refractivity contribution < 1.29 is 0 Å². The molecule has 0 unspecified atom stereocenters. The van der Waals surface area contributed by atoms with Gasteiger partial charge in [0.15, 0.2) is 0 Å². The van der Waals surface area contributed by atoms with Crippen LogP contribution >= 0.6 is 0 Å². The number of nitrogens with two attached hydrogens (primary N) is 1. The Morgan fingerprint density at radius 2 is 1.84 bits per heavy atom. The van der Waals surface area contributed by atoms with Crippen molar-refractivity contribution in [2.45, 2.75) is 6.92 Å². The first kappa shape index (κ1) is 11.8. The van der Waals surface area contributed by atoms with Crippen LogP contribution in [0, 0.1) is 6.92 Å². The van der Waals surface area contributed by atoms with E-state index in [9.17, 15) is 0 Å². The quantitative estimate of drug-likeness (QED) is 0.844. The summed E-state index contributed by atoms with van der Waals surface area (Å²) in [5.41, 5.74) is 9.01. The van der Waals surface area contributed by atoms with Gasteiger partial charge in [-0.05, 0) is 19.1 Å². The van der Waals surface area contributed by atoms with Gasteiger partial charge in [0.2, 0.25) is 5.95 Å². The highest BCUT2D eigenvalue weighted by Gasteiger charge is 2.22. The number of nitrogen functional groups attached to an aromatic ring is 1. The van der Waals surface area contributed by atoms with E-state index < -0.39 is 0 Å². The van der Waals surface area contributed by atoms with E-state index in [1.54, 1.807) is 0 Å². The third kappa shape index (κ3) is 2.07. The second kappa shape index (κ2) is 4.42. The first-order valence-electron chi connectivity index (χ1n) is 6.34. The summed E-state index contributed by atoms with van der Waals surface area (Å²) in [6.45, 7) is 3.78. The van der Waals surface area contributed by atoms with Crippen molar-refractivity contribution in [3.05, 3.63) is 36.0 Å². The minimum absolute atomic E-state index is 0.325. The molecule has 98 valence electrons. The second-order valence-electron chi connectivity index (χ2n) is 4.79. The normalized spacial score (nSPS) is 14.4. The van der Waals surface area contributed by atoms with E-state index in [1.807, 2.05) is 19.1 Å². The minimum Gasteiger partial charge on any atom is -0.371 e. The predicted octanol–water partition coefficient (Wildman–Crippen LogP) is 1.96. The van der Waals surface area contributed by atoms with Gasteiger partial charge >= 0.3 is 0 Å². The van der Waals surface area contributed by atoms with Crippen LogP contribution in [0.4, 0.5) is 23.1 Å². The summed E-state index contributed by atoms with van der Waals surface area (Å²) in [6.07, 6.45) is 0. The predicted molar refractivity (Wildman–Crippen MR) is 77.9 cm³/mol. The third-order valence-electron chi connectivity index (χ3n) is 3.38. The van der Waals surface area contributed by atoms with Crippen molar-refractivity contribution in [2.24, 2.45) is 0 Å². The summed E-state index contributed by atoms with van der Waals surface area (Å²) in [5.74, 6) is 1.19. The van der Waals surface area contributed by atoms with E-state index in [4.69, 9.17) is 5.73 Å². The van der Waals surface area contributed by atoms with Gasteiger partial charge in [0.1, 0.15) is 5.82 Å². The molecule has 0 amide bonds. The number of aryl methyl sites for hydroxylation is 1. The standard InChI is InChI=1S/C14H17N5/c1-10-9-13(17-14(15)16-10)19-8-7-18(2)11-5-3-4-6-12(11)19/h3-6,9H,7-8H2,1-2H3,(H2,15,16,17). The largest absolute Gasteiger partial charge is 0.371 e. The molecule has 1 aliphatic rings. The smallest absolute Gasteiger partial charge is 0.222 e. The highest BCUT2D eigenvalue weighted by Crippen LogP contribution is 2.36. The number of rotatable bonds is 1. The van der Waals surface area contributed by atoms with Crippen molar-refractivity contribution in [1.82, 2.24) is 9.97 Å². The lowest BCUT2D eigenvalue weighted by Crippen LogP contribution is -2.36. The third-order valence-corrected chi connectivity index (χ3v) is 3.38. The molecular weight excluding hydrogens is 238 g/mol. The SMILES string of the molecule is Cc1cc(N2CCN(C)c3ccccc32)nc(N)n1. The van der Waals surface area contributed by atoms with E-state index in [2.05, 4.69) is 45.0 Å². The first-order valence-corrected chi connectivity index (χ1v) is 6.34. The molecule has 2 heterocycles. The summed E-state index contributed by atoms with van der Waals surface area (Å²) in [5, 5.41) is 0. The van der Waals surface area contributed by atoms with Crippen molar-refractivity contribution in [3.63, 3.8) is 0 Å². The number of para-hydroxylation sites is 2. The summed E-state index contributed by atoms with van der Waals surface area (Å²) in [7, 11) is 2.11. The maximum atomic E-state index is 5.75. The van der Waals surface area contributed by atoms with Crippen LogP contribution in [0.3, 0.4) is 0 Å². The van der Waals surface area contributed by atoms with Crippen LogP contribution in [0.15, 0.2) is 30.3 Å². The zero-order valence-corrected chi connectivity index (χ0v) is 11.2. The van der Waals surface area contributed by atoms with Gasteiger partial charge in [0.25, 0.3) is 0 Å². The maximum absolute atomic E-state index is 5.75. The lowest BCUT2D eigenvalue weighted by atomic mass is 10.1. The Morgan fingerprint density at radius 3 is 2.58 bits per heavy atom. The number of aromatic nitrogens is 2. The van der Waals surface area contributed by atoms with Crippen molar-refractivity contribution in [2.75, 3.05) is 35.7 Å². The molecule has 1 aromatic heterocycles. The summed E-state index contributed by atoms with van der Waals surface area (Å²) >= 11 is 0. The van der Waals surface area contributed by atoms with Gasteiger partial charge in [0, 0.05) is 31.9 Å². The monoisotopic (exact) mass is 255 g/mol. The minimum atomic E-state index is 0.325. The van der Waals surface area contributed by atoms with Crippen LogP contribution in [0.5, 0.6) is 0 Å². The van der Waals surface area contributed by atoms with E-state index in [1.165, 1.54) is 5.69 Å². The van der Waals surface area contributed by atoms with Crippen molar-refractivity contribution >= 4 is 23.1 Å². The van der Waals surface area contributed by atoms with Gasteiger partial charge in [0.05, 0.1) is 11.4 Å². The average Bonchev–Trinajstić information content (AvgIpc) is 2.38. The first-order chi connectivity index (χ1) is 9.15. The number of hydrogen-bond acceptors (Lipinski definition) is 5. The topological polar surface area (TPSA) is 58.3 Å². The Kier molecular flexibility index (Phi) is 2.74. The van der Waals surface area contributed by atoms with Crippen LogP contribution in [-0.2, 0) is 0 Å². The highest BCUT2D eigenvalue weighted by molar-refractivity contribution is 5.78. The van der Waals surface area contributed by atoms with E-state index in [0.29, 0.717) is 5.95 Å². The Hall–Kier alpha value is -2.30. The van der Waals surface area contributed by atoms with Crippen molar-refractivity contribution in [1.29, 1.82) is 0 Å². The fraction of sp³-hybridized carbons (Fsp3) is 0.286. The molecule has 0 saturated heterocycles. The molecule has 19 heavy (non-hydrogen) atoms. The lowest BCUT2D eigenvalue weighted by Gasteiger charge is -2.36. The molecule has 5 nitrogen and oxygen atoms in total. The number of nitrogens with zero attached hydrogens (tertiary/aromatic N) is 4. The number of anilines is 4. The number of benzene rings is 1. The lowest BCUT2D eigenvalue weighted by molar-refractivity contribution is 0.811. The molecule has 0 aliphatic carbocycles. The van der Waals surface area contributed by atoms with Crippen LogP contribution in [-0.4, -0.2) is 30.1 Å². The molecule has 3 rings (SSSR count). The van der Waals surface area contributed by atoms with Gasteiger partial charge in [-0.2, -0.15) is 4.98 Å². The number of likely N-dealkylation sites (N-methyl/N-ethyl adjacent to an activating group) is 1. The van der Waals surface area contributed by atoms with E-state index >= 15 is 0 Å². The second-order valence-corrected chi connectivity index (χ2v) is 4.79. The molecular formula is C14H17N5. The molecule has 0 radical (unpaired) electrons.